The maximum Gasteiger partial charge on any atom is 0.224 e. The van der Waals surface area contributed by atoms with Crippen LogP contribution in [0.15, 0.2) is 60.7 Å². The molecule has 0 radical (unpaired) electrons. The number of nitrogens with one attached hydrogen (secondary N) is 1. The van der Waals surface area contributed by atoms with Crippen LogP contribution in [0.25, 0.3) is 22.2 Å². The molecular weight excluding hydrogens is 424 g/mol. The fourth-order valence-corrected chi connectivity index (χ4v) is 4.54. The van der Waals surface area contributed by atoms with Crippen molar-refractivity contribution < 1.29 is 9.59 Å². The smallest absolute Gasteiger partial charge is 0.224 e. The Morgan fingerprint density at radius 1 is 0.912 bits per heavy atom. The average molecular weight is 453 g/mol. The van der Waals surface area contributed by atoms with E-state index in [-0.39, 0.29) is 24.5 Å². The van der Waals surface area contributed by atoms with E-state index in [4.69, 9.17) is 0 Å². The largest absolute Gasteiger partial charge is 0.326 e. The molecule has 6 heteroatoms. The summed E-state index contributed by atoms with van der Waals surface area (Å²) in [6.45, 7) is 2.88. The normalized spacial score (nSPS) is 13.3. The number of carbonyl (C=O) groups excluding carboxylic acids is 2. The molecule has 2 heterocycles. The summed E-state index contributed by atoms with van der Waals surface area (Å²) in [5.41, 5.74) is 3.28. The highest BCUT2D eigenvalue weighted by Gasteiger charge is 2.17. The molecule has 0 bridgehead atoms. The van der Waals surface area contributed by atoms with Gasteiger partial charge in [-0.3, -0.25) is 9.59 Å². The van der Waals surface area contributed by atoms with E-state index in [1.54, 1.807) is 0 Å². The number of benzene rings is 3. The summed E-state index contributed by atoms with van der Waals surface area (Å²) >= 11 is 0. The Morgan fingerprint density at radius 3 is 2.65 bits per heavy atom. The van der Waals surface area contributed by atoms with Crippen LogP contribution in [0.3, 0.4) is 0 Å². The third-order valence-electron chi connectivity index (χ3n) is 6.53. The van der Waals surface area contributed by atoms with Crippen LogP contribution in [-0.4, -0.2) is 26.5 Å². The number of anilines is 1. The molecule has 1 amide bonds. The Morgan fingerprint density at radius 2 is 1.76 bits per heavy atom. The molecule has 1 aromatic heterocycles. The van der Waals surface area contributed by atoms with E-state index in [0.717, 1.165) is 65.0 Å². The number of aromatic nitrogens is 3. The lowest BCUT2D eigenvalue weighted by atomic mass is 10.0. The van der Waals surface area contributed by atoms with Crippen LogP contribution in [0.1, 0.15) is 53.8 Å². The van der Waals surface area contributed by atoms with Crippen LogP contribution in [0, 0.1) is 6.92 Å². The first-order chi connectivity index (χ1) is 16.6. The standard InChI is InChI=1S/C28H28N4O2/c1-19-10-11-23(28-31-30-26-9-3-2-6-16-32(26)28)18-24(19)29-27(34)15-14-25(33)22-13-12-20-7-4-5-8-21(20)17-22/h4-5,7-8,10-13,17-18H,2-3,6,9,14-16H2,1H3,(H,29,34). The number of amides is 1. The molecule has 1 aliphatic rings. The molecule has 0 saturated carbocycles. The molecule has 1 N–H and O–H groups in total. The van der Waals surface area contributed by atoms with E-state index in [0.29, 0.717) is 5.56 Å². The van der Waals surface area contributed by atoms with E-state index >= 15 is 0 Å². The second-order valence-corrected chi connectivity index (χ2v) is 8.97. The lowest BCUT2D eigenvalue weighted by molar-refractivity contribution is -0.116. The van der Waals surface area contributed by atoms with Crippen molar-refractivity contribution in [2.24, 2.45) is 0 Å². The average Bonchev–Trinajstić information content (AvgIpc) is 3.11. The van der Waals surface area contributed by atoms with E-state index in [1.807, 2.05) is 67.6 Å². The van der Waals surface area contributed by atoms with E-state index < -0.39 is 0 Å². The number of rotatable bonds is 6. The second kappa shape index (κ2) is 9.59. The molecule has 0 unspecified atom stereocenters. The van der Waals surface area contributed by atoms with Gasteiger partial charge in [-0.15, -0.1) is 10.2 Å². The van der Waals surface area contributed by atoms with Crippen molar-refractivity contribution in [3.8, 4) is 11.4 Å². The minimum absolute atomic E-state index is 0.0301. The first kappa shape index (κ1) is 22.0. The highest BCUT2D eigenvalue weighted by atomic mass is 16.2. The van der Waals surface area contributed by atoms with Crippen molar-refractivity contribution in [3.63, 3.8) is 0 Å². The van der Waals surface area contributed by atoms with Crippen molar-refractivity contribution in [1.82, 2.24) is 14.8 Å². The number of carbonyl (C=O) groups is 2. The summed E-state index contributed by atoms with van der Waals surface area (Å²) < 4.78 is 2.20. The molecule has 6 nitrogen and oxygen atoms in total. The summed E-state index contributed by atoms with van der Waals surface area (Å²) in [5, 5.41) is 13.9. The number of fused-ring (bicyclic) bond motifs is 2. The summed E-state index contributed by atoms with van der Waals surface area (Å²) in [7, 11) is 0. The number of nitrogens with zero attached hydrogens (tertiary/aromatic N) is 3. The monoisotopic (exact) mass is 452 g/mol. The fraction of sp³-hybridized carbons (Fsp3) is 0.286. The minimum Gasteiger partial charge on any atom is -0.326 e. The predicted molar refractivity (Wildman–Crippen MR) is 134 cm³/mol. The first-order valence-electron chi connectivity index (χ1n) is 11.9. The summed E-state index contributed by atoms with van der Waals surface area (Å²) in [5.74, 6) is 1.68. The molecule has 3 aromatic carbocycles. The summed E-state index contributed by atoms with van der Waals surface area (Å²) in [4.78, 5) is 25.4. The van der Waals surface area contributed by atoms with Crippen LogP contribution in [0.5, 0.6) is 0 Å². The van der Waals surface area contributed by atoms with Gasteiger partial charge in [0.15, 0.2) is 11.6 Å². The Balaban J connectivity index is 1.26. The first-order valence-corrected chi connectivity index (χ1v) is 11.9. The molecule has 34 heavy (non-hydrogen) atoms. The highest BCUT2D eigenvalue weighted by molar-refractivity contribution is 6.02. The Labute approximate surface area is 199 Å². The molecule has 1 aliphatic heterocycles. The summed E-state index contributed by atoms with van der Waals surface area (Å²) in [6, 6.07) is 19.6. The lowest BCUT2D eigenvalue weighted by Crippen LogP contribution is -2.14. The fourth-order valence-electron chi connectivity index (χ4n) is 4.54. The van der Waals surface area contributed by atoms with Crippen molar-refractivity contribution in [2.45, 2.75) is 52.0 Å². The number of hydrogen-bond donors (Lipinski definition) is 1. The summed E-state index contributed by atoms with van der Waals surface area (Å²) in [6.07, 6.45) is 4.73. The number of Topliss-reactive ketones (excluding diaryl/α,β-unsaturated/α-hetero) is 1. The van der Waals surface area contributed by atoms with Crippen LogP contribution in [0.2, 0.25) is 0 Å². The number of ketones is 1. The zero-order chi connectivity index (χ0) is 23.5. The highest BCUT2D eigenvalue weighted by Crippen LogP contribution is 2.27. The molecule has 0 fully saturated rings. The zero-order valence-corrected chi connectivity index (χ0v) is 19.4. The Bertz CT molecular complexity index is 1370. The van der Waals surface area contributed by atoms with Crippen LogP contribution in [0.4, 0.5) is 5.69 Å². The molecule has 0 spiro atoms. The van der Waals surface area contributed by atoms with E-state index in [2.05, 4.69) is 20.1 Å². The molecule has 0 saturated heterocycles. The van der Waals surface area contributed by atoms with Gasteiger partial charge in [-0.2, -0.15) is 0 Å². The third kappa shape index (κ3) is 4.62. The van der Waals surface area contributed by atoms with Crippen molar-refractivity contribution >= 4 is 28.2 Å². The van der Waals surface area contributed by atoms with Crippen molar-refractivity contribution in [3.05, 3.63) is 77.6 Å². The minimum atomic E-state index is -0.172. The van der Waals surface area contributed by atoms with Crippen molar-refractivity contribution in [2.75, 3.05) is 5.32 Å². The van der Waals surface area contributed by atoms with Gasteiger partial charge in [-0.05, 0) is 48.2 Å². The maximum absolute atomic E-state index is 12.7. The van der Waals surface area contributed by atoms with Gasteiger partial charge in [0.25, 0.3) is 0 Å². The van der Waals surface area contributed by atoms with Gasteiger partial charge in [-0.1, -0.05) is 55.0 Å². The van der Waals surface area contributed by atoms with Crippen LogP contribution < -0.4 is 5.32 Å². The Hall–Kier alpha value is -3.80. The number of aryl methyl sites for hydroxylation is 2. The number of hydrogen-bond acceptors (Lipinski definition) is 4. The zero-order valence-electron chi connectivity index (χ0n) is 19.4. The van der Waals surface area contributed by atoms with Gasteiger partial charge in [0.1, 0.15) is 5.82 Å². The van der Waals surface area contributed by atoms with Gasteiger partial charge in [0, 0.05) is 42.6 Å². The van der Waals surface area contributed by atoms with Gasteiger partial charge < -0.3 is 9.88 Å². The molecule has 0 aliphatic carbocycles. The topological polar surface area (TPSA) is 76.9 Å². The maximum atomic E-state index is 12.7. The van der Waals surface area contributed by atoms with Crippen LogP contribution >= 0.6 is 0 Å². The van der Waals surface area contributed by atoms with Gasteiger partial charge >= 0.3 is 0 Å². The van der Waals surface area contributed by atoms with Crippen LogP contribution in [-0.2, 0) is 17.8 Å². The van der Waals surface area contributed by atoms with Gasteiger partial charge in [0.05, 0.1) is 0 Å². The van der Waals surface area contributed by atoms with Gasteiger partial charge in [-0.25, -0.2) is 0 Å². The SMILES string of the molecule is Cc1ccc(-c2nnc3n2CCCCC3)cc1NC(=O)CCC(=O)c1ccc2ccccc2c1. The predicted octanol–water partition coefficient (Wildman–Crippen LogP) is 5.73. The molecular formula is C28H28N4O2. The molecule has 172 valence electrons. The van der Waals surface area contributed by atoms with Crippen molar-refractivity contribution in [1.29, 1.82) is 0 Å². The second-order valence-electron chi connectivity index (χ2n) is 8.97. The molecule has 0 atom stereocenters. The lowest BCUT2D eigenvalue weighted by Gasteiger charge is -2.12. The van der Waals surface area contributed by atoms with E-state index in [1.165, 1.54) is 6.42 Å². The molecule has 5 rings (SSSR count). The van der Waals surface area contributed by atoms with E-state index in [9.17, 15) is 9.59 Å². The third-order valence-corrected chi connectivity index (χ3v) is 6.53. The Kier molecular flexibility index (Phi) is 6.21. The van der Waals surface area contributed by atoms with Gasteiger partial charge in [0.2, 0.25) is 5.91 Å². The quantitative estimate of drug-likeness (QED) is 0.379. The molecule has 4 aromatic rings.